The Hall–Kier alpha value is -1.76. The maximum absolute atomic E-state index is 12.2. The molecule has 4 nitrogen and oxygen atoms in total. The molecule has 1 unspecified atom stereocenters. The zero-order chi connectivity index (χ0) is 16.2. The van der Waals surface area contributed by atoms with Gasteiger partial charge in [-0.25, -0.2) is 0 Å². The maximum atomic E-state index is 12.2. The molecule has 0 radical (unpaired) electrons. The zero-order valence-corrected chi connectivity index (χ0v) is 12.3. The van der Waals surface area contributed by atoms with Gasteiger partial charge in [-0.15, -0.1) is 13.2 Å². The Bertz CT molecular complexity index is 514. The second-order valence-electron chi connectivity index (χ2n) is 5.44. The highest BCUT2D eigenvalue weighted by molar-refractivity contribution is 5.76. The Labute approximate surface area is 127 Å². The summed E-state index contributed by atoms with van der Waals surface area (Å²) >= 11 is 0. The number of carbonyl (C=O) groups is 1. The van der Waals surface area contributed by atoms with Crippen LogP contribution in [0.3, 0.4) is 0 Å². The summed E-state index contributed by atoms with van der Waals surface area (Å²) in [7, 11) is 1.65. The first kappa shape index (κ1) is 16.6. The van der Waals surface area contributed by atoms with E-state index in [1.807, 2.05) is 0 Å². The van der Waals surface area contributed by atoms with Crippen molar-refractivity contribution in [3.05, 3.63) is 29.8 Å². The summed E-state index contributed by atoms with van der Waals surface area (Å²) in [5.74, 6) is -0.301. The van der Waals surface area contributed by atoms with Crippen LogP contribution in [-0.4, -0.2) is 36.8 Å². The Balaban J connectivity index is 1.91. The molecule has 1 N–H and O–H groups in total. The van der Waals surface area contributed by atoms with Crippen molar-refractivity contribution in [1.82, 2.24) is 10.2 Å². The summed E-state index contributed by atoms with van der Waals surface area (Å²) in [4.78, 5) is 13.6. The summed E-state index contributed by atoms with van der Waals surface area (Å²) in [6, 6.07) is 5.88. The molecule has 0 bridgehead atoms. The van der Waals surface area contributed by atoms with E-state index in [9.17, 15) is 18.0 Å². The normalized spacial score (nSPS) is 18.3. The third kappa shape index (κ3) is 5.22. The Morgan fingerprint density at radius 3 is 2.86 bits per heavy atom. The molecule has 122 valence electrons. The number of alkyl halides is 3. The molecule has 22 heavy (non-hydrogen) atoms. The molecule has 1 fully saturated rings. The Morgan fingerprint density at radius 1 is 1.45 bits per heavy atom. The largest absolute Gasteiger partial charge is 0.573 e. The highest BCUT2D eigenvalue weighted by atomic mass is 19.4. The third-order valence-corrected chi connectivity index (χ3v) is 3.56. The lowest BCUT2D eigenvalue weighted by atomic mass is 10.1. The highest BCUT2D eigenvalue weighted by Gasteiger charge is 2.31. The number of benzene rings is 1. The molecule has 2 rings (SSSR count). The van der Waals surface area contributed by atoms with Gasteiger partial charge in [0.2, 0.25) is 5.91 Å². The number of hydrogen-bond acceptors (Lipinski definition) is 3. The van der Waals surface area contributed by atoms with Crippen molar-refractivity contribution >= 4 is 5.91 Å². The number of ether oxygens (including phenoxy) is 1. The quantitative estimate of drug-likeness (QED) is 0.908. The van der Waals surface area contributed by atoms with Gasteiger partial charge in [-0.2, -0.15) is 0 Å². The second kappa shape index (κ2) is 7.00. The van der Waals surface area contributed by atoms with E-state index in [-0.39, 0.29) is 24.2 Å². The fourth-order valence-electron chi connectivity index (χ4n) is 2.50. The zero-order valence-electron chi connectivity index (χ0n) is 12.3. The van der Waals surface area contributed by atoms with Crippen LogP contribution in [0.1, 0.15) is 24.8 Å². The first-order valence-electron chi connectivity index (χ1n) is 7.15. The lowest BCUT2D eigenvalue weighted by Crippen LogP contribution is -2.33. The van der Waals surface area contributed by atoms with Gasteiger partial charge in [0.15, 0.2) is 0 Å². The van der Waals surface area contributed by atoms with Crippen LogP contribution in [0.15, 0.2) is 24.3 Å². The third-order valence-electron chi connectivity index (χ3n) is 3.56. The molecule has 0 aromatic heterocycles. The molecular formula is C15H19F3N2O2. The van der Waals surface area contributed by atoms with Crippen molar-refractivity contribution in [3.63, 3.8) is 0 Å². The molecule has 1 aliphatic rings. The van der Waals surface area contributed by atoms with E-state index in [0.717, 1.165) is 19.4 Å². The predicted octanol–water partition coefficient (Wildman–Crippen LogP) is 2.69. The van der Waals surface area contributed by atoms with E-state index in [4.69, 9.17) is 0 Å². The number of nitrogens with one attached hydrogen (secondary N) is 1. The van der Waals surface area contributed by atoms with Crippen molar-refractivity contribution < 1.29 is 22.7 Å². The van der Waals surface area contributed by atoms with E-state index in [1.54, 1.807) is 13.1 Å². The number of amides is 1. The SMILES string of the molecule is CN(Cc1cccc(OC(F)(F)F)c1)C(=O)CC1CCCN1. The topological polar surface area (TPSA) is 41.6 Å². The van der Waals surface area contributed by atoms with Crippen LogP contribution < -0.4 is 10.1 Å². The van der Waals surface area contributed by atoms with Gasteiger partial charge in [0.05, 0.1) is 0 Å². The molecule has 1 aromatic carbocycles. The van der Waals surface area contributed by atoms with Crippen molar-refractivity contribution in [2.45, 2.75) is 38.2 Å². The van der Waals surface area contributed by atoms with Gasteiger partial charge in [-0.3, -0.25) is 4.79 Å². The fourth-order valence-corrected chi connectivity index (χ4v) is 2.50. The first-order valence-corrected chi connectivity index (χ1v) is 7.15. The summed E-state index contributed by atoms with van der Waals surface area (Å²) in [5.41, 5.74) is 0.594. The fraction of sp³-hybridized carbons (Fsp3) is 0.533. The van der Waals surface area contributed by atoms with Crippen molar-refractivity contribution in [1.29, 1.82) is 0 Å². The van der Waals surface area contributed by atoms with E-state index < -0.39 is 6.36 Å². The van der Waals surface area contributed by atoms with Crippen LogP contribution in [-0.2, 0) is 11.3 Å². The van der Waals surface area contributed by atoms with Crippen LogP contribution in [0.25, 0.3) is 0 Å². The molecule has 7 heteroatoms. The van der Waals surface area contributed by atoms with Gasteiger partial charge in [-0.1, -0.05) is 12.1 Å². The first-order chi connectivity index (χ1) is 10.3. The van der Waals surface area contributed by atoms with Crippen LogP contribution in [0, 0.1) is 0 Å². The molecule has 1 aromatic rings. The van der Waals surface area contributed by atoms with E-state index in [1.165, 1.54) is 23.1 Å². The minimum atomic E-state index is -4.71. The van der Waals surface area contributed by atoms with Gasteiger partial charge in [-0.05, 0) is 37.1 Å². The van der Waals surface area contributed by atoms with Crippen molar-refractivity contribution in [3.8, 4) is 5.75 Å². The number of halogens is 3. The average Bonchev–Trinajstić information content (AvgIpc) is 2.89. The number of carbonyl (C=O) groups excluding carboxylic acids is 1. The molecule has 1 saturated heterocycles. The second-order valence-corrected chi connectivity index (χ2v) is 5.44. The summed E-state index contributed by atoms with van der Waals surface area (Å²) < 4.78 is 40.5. The van der Waals surface area contributed by atoms with Crippen LogP contribution in [0.4, 0.5) is 13.2 Å². The van der Waals surface area contributed by atoms with Crippen LogP contribution in [0.2, 0.25) is 0 Å². The van der Waals surface area contributed by atoms with Gasteiger partial charge in [0.25, 0.3) is 0 Å². The smallest absolute Gasteiger partial charge is 0.406 e. The van der Waals surface area contributed by atoms with Crippen molar-refractivity contribution in [2.24, 2.45) is 0 Å². The molecule has 0 saturated carbocycles. The van der Waals surface area contributed by atoms with Gasteiger partial charge < -0.3 is 15.0 Å². The standard InChI is InChI=1S/C15H19F3N2O2/c1-20(14(21)9-12-5-3-7-19-12)10-11-4-2-6-13(8-11)22-15(16,17)18/h2,4,6,8,12,19H,3,5,7,9-10H2,1H3. The number of rotatable bonds is 5. The molecular weight excluding hydrogens is 297 g/mol. The number of nitrogens with zero attached hydrogens (tertiary/aromatic N) is 1. The van der Waals surface area contributed by atoms with Gasteiger partial charge >= 0.3 is 6.36 Å². The lowest BCUT2D eigenvalue weighted by molar-refractivity contribution is -0.274. The predicted molar refractivity (Wildman–Crippen MR) is 75.2 cm³/mol. The molecule has 1 amide bonds. The average molecular weight is 316 g/mol. The van der Waals surface area contributed by atoms with Gasteiger partial charge in [0.1, 0.15) is 5.75 Å². The van der Waals surface area contributed by atoms with E-state index >= 15 is 0 Å². The summed E-state index contributed by atoms with van der Waals surface area (Å²) in [5, 5.41) is 3.25. The monoisotopic (exact) mass is 316 g/mol. The Kier molecular flexibility index (Phi) is 5.28. The summed E-state index contributed by atoms with van der Waals surface area (Å²) in [6.07, 6.45) is -2.25. The van der Waals surface area contributed by atoms with Crippen LogP contribution >= 0.6 is 0 Å². The van der Waals surface area contributed by atoms with E-state index in [2.05, 4.69) is 10.1 Å². The minimum absolute atomic E-state index is 0.0263. The summed E-state index contributed by atoms with van der Waals surface area (Å²) in [6.45, 7) is 1.18. The molecule has 0 spiro atoms. The highest BCUT2D eigenvalue weighted by Crippen LogP contribution is 2.23. The number of hydrogen-bond donors (Lipinski definition) is 1. The molecule has 1 heterocycles. The van der Waals surface area contributed by atoms with Crippen molar-refractivity contribution in [2.75, 3.05) is 13.6 Å². The van der Waals surface area contributed by atoms with E-state index in [0.29, 0.717) is 12.0 Å². The lowest BCUT2D eigenvalue weighted by Gasteiger charge is -2.20. The molecule has 1 atom stereocenters. The molecule has 1 aliphatic heterocycles. The van der Waals surface area contributed by atoms with Gasteiger partial charge in [0, 0.05) is 26.1 Å². The Morgan fingerprint density at radius 2 is 2.23 bits per heavy atom. The minimum Gasteiger partial charge on any atom is -0.406 e. The molecule has 0 aliphatic carbocycles. The maximum Gasteiger partial charge on any atom is 0.573 e. The van der Waals surface area contributed by atoms with Crippen LogP contribution in [0.5, 0.6) is 5.75 Å².